The Balaban J connectivity index is 1.72. The molecule has 28 heavy (non-hydrogen) atoms. The van der Waals surface area contributed by atoms with E-state index in [1.54, 1.807) is 23.1 Å². The molecule has 8 heteroatoms. The van der Waals surface area contributed by atoms with Gasteiger partial charge in [0.25, 0.3) is 0 Å². The van der Waals surface area contributed by atoms with Crippen molar-refractivity contribution in [3.8, 4) is 10.6 Å². The van der Waals surface area contributed by atoms with Crippen molar-refractivity contribution in [3.05, 3.63) is 48.0 Å². The summed E-state index contributed by atoms with van der Waals surface area (Å²) < 4.78 is 1.15. The molecular weight excluding hydrogens is 392 g/mol. The lowest BCUT2D eigenvalue weighted by atomic mass is 10.2. The van der Waals surface area contributed by atoms with Gasteiger partial charge in [0.2, 0.25) is 5.91 Å². The number of nitrogens with one attached hydrogen (secondary N) is 2. The Hall–Kier alpha value is -2.58. The minimum atomic E-state index is -0.706. The third kappa shape index (κ3) is 5.02. The highest BCUT2D eigenvalue weighted by atomic mass is 32.2. The molecule has 2 aromatic carbocycles. The van der Waals surface area contributed by atoms with Gasteiger partial charge in [0.05, 0.1) is 10.2 Å². The number of benzene rings is 2. The SMILES string of the molecule is CSCCC(NC(N)=O)C(=O)Nc1ccc(-c2nc3ccc(C)cc3s2)cc1. The Labute approximate surface area is 171 Å². The molecule has 0 saturated carbocycles. The summed E-state index contributed by atoms with van der Waals surface area (Å²) in [5.41, 5.74) is 9.02. The van der Waals surface area contributed by atoms with E-state index in [1.165, 1.54) is 5.56 Å². The number of aromatic nitrogens is 1. The van der Waals surface area contributed by atoms with Gasteiger partial charge in [-0.3, -0.25) is 4.79 Å². The number of carbonyl (C=O) groups is 2. The van der Waals surface area contributed by atoms with Crippen molar-refractivity contribution in [2.24, 2.45) is 5.73 Å². The van der Waals surface area contributed by atoms with Gasteiger partial charge in [0.15, 0.2) is 0 Å². The number of hydrogen-bond donors (Lipinski definition) is 3. The van der Waals surface area contributed by atoms with Crippen LogP contribution in [-0.4, -0.2) is 35.0 Å². The van der Waals surface area contributed by atoms with Gasteiger partial charge in [0.1, 0.15) is 11.0 Å². The molecule has 1 heterocycles. The minimum Gasteiger partial charge on any atom is -0.352 e. The highest BCUT2D eigenvalue weighted by molar-refractivity contribution is 7.98. The topological polar surface area (TPSA) is 97.1 Å². The van der Waals surface area contributed by atoms with Crippen molar-refractivity contribution in [3.63, 3.8) is 0 Å². The molecule has 0 radical (unpaired) electrons. The van der Waals surface area contributed by atoms with E-state index >= 15 is 0 Å². The summed E-state index contributed by atoms with van der Waals surface area (Å²) in [7, 11) is 0. The predicted octanol–water partition coefficient (Wildman–Crippen LogP) is 4.00. The van der Waals surface area contributed by atoms with Crippen LogP contribution in [0.2, 0.25) is 0 Å². The third-order valence-corrected chi connectivity index (χ3v) is 5.90. The number of anilines is 1. The molecule has 0 bridgehead atoms. The van der Waals surface area contributed by atoms with E-state index in [9.17, 15) is 9.59 Å². The molecule has 0 spiro atoms. The zero-order valence-electron chi connectivity index (χ0n) is 15.7. The number of amides is 3. The van der Waals surface area contributed by atoms with Gasteiger partial charge in [0, 0.05) is 11.3 Å². The third-order valence-electron chi connectivity index (χ3n) is 4.19. The van der Waals surface area contributed by atoms with E-state index in [0.29, 0.717) is 12.1 Å². The van der Waals surface area contributed by atoms with Crippen LogP contribution >= 0.6 is 23.1 Å². The summed E-state index contributed by atoms with van der Waals surface area (Å²) in [5, 5.41) is 6.27. The van der Waals surface area contributed by atoms with Crippen molar-refractivity contribution in [2.45, 2.75) is 19.4 Å². The molecule has 0 aliphatic rings. The van der Waals surface area contributed by atoms with Crippen molar-refractivity contribution >= 4 is 50.9 Å². The number of thiazole rings is 1. The zero-order valence-corrected chi connectivity index (χ0v) is 17.3. The minimum absolute atomic E-state index is 0.281. The van der Waals surface area contributed by atoms with Crippen LogP contribution in [0.3, 0.4) is 0 Å². The lowest BCUT2D eigenvalue weighted by Crippen LogP contribution is -2.46. The number of nitrogens with two attached hydrogens (primary N) is 1. The van der Waals surface area contributed by atoms with Crippen LogP contribution in [0.5, 0.6) is 0 Å². The van der Waals surface area contributed by atoms with Crippen molar-refractivity contribution in [2.75, 3.05) is 17.3 Å². The predicted molar refractivity (Wildman–Crippen MR) is 118 cm³/mol. The van der Waals surface area contributed by atoms with Crippen LogP contribution in [0.15, 0.2) is 42.5 Å². The van der Waals surface area contributed by atoms with Crippen LogP contribution < -0.4 is 16.4 Å². The van der Waals surface area contributed by atoms with Crippen LogP contribution in [0.25, 0.3) is 20.8 Å². The lowest BCUT2D eigenvalue weighted by Gasteiger charge is -2.17. The number of nitrogens with zero attached hydrogens (tertiary/aromatic N) is 1. The summed E-state index contributed by atoms with van der Waals surface area (Å²) in [6, 6.07) is 12.4. The molecule has 3 aromatic rings. The average Bonchev–Trinajstić information content (AvgIpc) is 3.08. The molecule has 4 N–H and O–H groups in total. The van der Waals surface area contributed by atoms with E-state index in [1.807, 2.05) is 36.6 Å². The Kier molecular flexibility index (Phi) is 6.53. The first-order valence-electron chi connectivity index (χ1n) is 8.79. The number of carbonyl (C=O) groups excluding carboxylic acids is 2. The summed E-state index contributed by atoms with van der Waals surface area (Å²) in [6.45, 7) is 2.07. The first kappa shape index (κ1) is 20.2. The molecule has 1 atom stereocenters. The normalized spacial score (nSPS) is 11.9. The van der Waals surface area contributed by atoms with Gasteiger partial charge in [-0.1, -0.05) is 6.07 Å². The highest BCUT2D eigenvalue weighted by Crippen LogP contribution is 2.31. The molecule has 0 aliphatic heterocycles. The molecule has 1 unspecified atom stereocenters. The first-order valence-corrected chi connectivity index (χ1v) is 11.0. The average molecular weight is 415 g/mol. The number of primary amides is 1. The molecule has 3 amide bonds. The Morgan fingerprint density at radius 3 is 2.64 bits per heavy atom. The summed E-state index contributed by atoms with van der Waals surface area (Å²) in [5.74, 6) is 0.463. The lowest BCUT2D eigenvalue weighted by molar-refractivity contribution is -0.117. The summed E-state index contributed by atoms with van der Waals surface area (Å²) in [6.07, 6.45) is 2.46. The highest BCUT2D eigenvalue weighted by Gasteiger charge is 2.19. The molecular formula is C20H22N4O2S2. The summed E-state index contributed by atoms with van der Waals surface area (Å²) in [4.78, 5) is 28.3. The second-order valence-corrected chi connectivity index (χ2v) is 8.42. The Bertz CT molecular complexity index is 986. The van der Waals surface area contributed by atoms with Gasteiger partial charge in [-0.15, -0.1) is 11.3 Å². The Morgan fingerprint density at radius 1 is 1.21 bits per heavy atom. The number of urea groups is 1. The van der Waals surface area contributed by atoms with Crippen molar-refractivity contribution in [1.29, 1.82) is 0 Å². The summed E-state index contributed by atoms with van der Waals surface area (Å²) >= 11 is 3.25. The van der Waals surface area contributed by atoms with E-state index in [2.05, 4.69) is 34.7 Å². The van der Waals surface area contributed by atoms with Crippen molar-refractivity contribution < 1.29 is 9.59 Å². The number of hydrogen-bond acceptors (Lipinski definition) is 5. The fraction of sp³-hybridized carbons (Fsp3) is 0.250. The molecule has 146 valence electrons. The van der Waals surface area contributed by atoms with E-state index in [0.717, 1.165) is 26.5 Å². The zero-order chi connectivity index (χ0) is 20.1. The van der Waals surface area contributed by atoms with Gasteiger partial charge in [-0.25, -0.2) is 9.78 Å². The standard InChI is InChI=1S/C20H22N4O2S2/c1-12-3-8-15-17(11-12)28-19(23-15)13-4-6-14(7-5-13)22-18(25)16(9-10-27-2)24-20(21)26/h3-8,11,16H,9-10H2,1-2H3,(H,22,25)(H3,21,24,26). The van der Waals surface area contributed by atoms with Crippen LogP contribution in [0, 0.1) is 6.92 Å². The quantitative estimate of drug-likeness (QED) is 0.544. The molecule has 6 nitrogen and oxygen atoms in total. The molecule has 0 saturated heterocycles. The molecule has 1 aromatic heterocycles. The molecule has 0 aliphatic carbocycles. The van der Waals surface area contributed by atoms with Crippen LogP contribution in [0.4, 0.5) is 10.5 Å². The van der Waals surface area contributed by atoms with Crippen LogP contribution in [0.1, 0.15) is 12.0 Å². The number of thioether (sulfide) groups is 1. The first-order chi connectivity index (χ1) is 13.5. The van der Waals surface area contributed by atoms with Gasteiger partial charge in [-0.2, -0.15) is 11.8 Å². The second-order valence-electron chi connectivity index (χ2n) is 6.40. The number of rotatable bonds is 7. The fourth-order valence-corrected chi connectivity index (χ4v) is 4.30. The van der Waals surface area contributed by atoms with Gasteiger partial charge >= 0.3 is 6.03 Å². The largest absolute Gasteiger partial charge is 0.352 e. The number of aryl methyl sites for hydroxylation is 1. The van der Waals surface area contributed by atoms with Crippen LogP contribution in [-0.2, 0) is 4.79 Å². The van der Waals surface area contributed by atoms with E-state index in [4.69, 9.17) is 5.73 Å². The second kappa shape index (κ2) is 9.07. The maximum absolute atomic E-state index is 12.5. The number of fused-ring (bicyclic) bond motifs is 1. The molecule has 0 fully saturated rings. The Morgan fingerprint density at radius 2 is 1.96 bits per heavy atom. The van der Waals surface area contributed by atoms with Gasteiger partial charge < -0.3 is 16.4 Å². The van der Waals surface area contributed by atoms with E-state index in [-0.39, 0.29) is 5.91 Å². The van der Waals surface area contributed by atoms with E-state index < -0.39 is 12.1 Å². The monoisotopic (exact) mass is 414 g/mol. The smallest absolute Gasteiger partial charge is 0.312 e. The maximum atomic E-state index is 12.5. The van der Waals surface area contributed by atoms with Crippen molar-refractivity contribution in [1.82, 2.24) is 10.3 Å². The molecule has 3 rings (SSSR count). The van der Waals surface area contributed by atoms with Gasteiger partial charge in [-0.05, 0) is 67.3 Å². The maximum Gasteiger partial charge on any atom is 0.312 e. The fourth-order valence-electron chi connectivity index (χ4n) is 2.76.